The molecule has 1 nitrogen and oxygen atoms in total. The van der Waals surface area contributed by atoms with Gasteiger partial charge in [-0.05, 0) is 86.3 Å². The number of benzene rings is 1. The Morgan fingerprint density at radius 1 is 0.767 bits per heavy atom. The minimum Gasteiger partial charge on any atom is -0.251 e. The largest absolute Gasteiger partial charge is 0.251 e. The van der Waals surface area contributed by atoms with Crippen molar-refractivity contribution in [1.82, 2.24) is 0 Å². The van der Waals surface area contributed by atoms with Crippen LogP contribution in [0.15, 0.2) is 36.4 Å². The molecule has 0 amide bonds. The summed E-state index contributed by atoms with van der Waals surface area (Å²) in [6.07, 6.45) is 22.6. The highest BCUT2D eigenvalue weighted by atomic mass is 19.1. The van der Waals surface area contributed by atoms with Crippen LogP contribution in [-0.2, 0) is 0 Å². The van der Waals surface area contributed by atoms with Gasteiger partial charge >= 0.3 is 0 Å². The number of nitrogens with zero attached hydrogens (tertiary/aromatic N) is 1. The summed E-state index contributed by atoms with van der Waals surface area (Å²) in [4.78, 5) is 0. The SMILES string of the molecule is N#Cc1ccc(C2CCC(CCC3CCC(CCC/C=C/CCF)CC3)CC2)cc1. The summed E-state index contributed by atoms with van der Waals surface area (Å²) in [6, 6.07) is 10.5. The average Bonchev–Trinajstić information content (AvgIpc) is 2.81. The number of alkyl halides is 1. The van der Waals surface area contributed by atoms with Gasteiger partial charge in [-0.25, -0.2) is 0 Å². The first-order valence-corrected chi connectivity index (χ1v) is 12.5. The number of rotatable bonds is 10. The molecule has 2 fully saturated rings. The van der Waals surface area contributed by atoms with Crippen LogP contribution in [0, 0.1) is 29.1 Å². The molecule has 2 heteroatoms. The maximum Gasteiger partial charge on any atom is 0.0991 e. The molecule has 2 saturated carbocycles. The predicted octanol–water partition coefficient (Wildman–Crippen LogP) is 8.50. The molecule has 2 aliphatic rings. The molecule has 0 atom stereocenters. The van der Waals surface area contributed by atoms with E-state index in [1.54, 1.807) is 0 Å². The van der Waals surface area contributed by atoms with Crippen molar-refractivity contribution >= 4 is 0 Å². The van der Waals surface area contributed by atoms with Crippen LogP contribution in [0.1, 0.15) is 107 Å². The smallest absolute Gasteiger partial charge is 0.0991 e. The van der Waals surface area contributed by atoms with Crippen molar-refractivity contribution in [2.75, 3.05) is 6.67 Å². The van der Waals surface area contributed by atoms with Crippen LogP contribution < -0.4 is 0 Å². The average molecular weight is 410 g/mol. The Balaban J connectivity index is 1.26. The van der Waals surface area contributed by atoms with Crippen molar-refractivity contribution in [3.8, 4) is 6.07 Å². The molecule has 1 aromatic rings. The molecule has 30 heavy (non-hydrogen) atoms. The molecule has 1 aromatic carbocycles. The van der Waals surface area contributed by atoms with Crippen molar-refractivity contribution in [2.24, 2.45) is 17.8 Å². The molecule has 164 valence electrons. The van der Waals surface area contributed by atoms with E-state index >= 15 is 0 Å². The Hall–Kier alpha value is -1.62. The van der Waals surface area contributed by atoms with E-state index in [4.69, 9.17) is 5.26 Å². The summed E-state index contributed by atoms with van der Waals surface area (Å²) in [6.45, 7) is -0.223. The Bertz CT molecular complexity index is 655. The Morgan fingerprint density at radius 2 is 1.30 bits per heavy atom. The van der Waals surface area contributed by atoms with Crippen molar-refractivity contribution < 1.29 is 4.39 Å². The van der Waals surface area contributed by atoms with Crippen LogP contribution in [0.5, 0.6) is 0 Å². The number of allylic oxidation sites excluding steroid dienone is 2. The van der Waals surface area contributed by atoms with Gasteiger partial charge in [-0.3, -0.25) is 4.39 Å². The number of hydrogen-bond donors (Lipinski definition) is 0. The Kier molecular flexibility index (Phi) is 9.94. The zero-order valence-corrected chi connectivity index (χ0v) is 18.7. The minimum atomic E-state index is -0.223. The molecular formula is C28H40FN. The monoisotopic (exact) mass is 409 g/mol. The molecule has 0 spiro atoms. The van der Waals surface area contributed by atoms with Gasteiger partial charge in [0.1, 0.15) is 0 Å². The third-order valence-electron chi connectivity index (χ3n) is 7.73. The zero-order chi connectivity index (χ0) is 21.0. The highest BCUT2D eigenvalue weighted by Crippen LogP contribution is 2.40. The van der Waals surface area contributed by atoms with Gasteiger partial charge in [0, 0.05) is 0 Å². The van der Waals surface area contributed by atoms with Gasteiger partial charge in [0.2, 0.25) is 0 Å². The van der Waals surface area contributed by atoms with E-state index in [2.05, 4.69) is 24.3 Å². The Labute approximate surface area is 183 Å². The fourth-order valence-corrected chi connectivity index (χ4v) is 5.72. The molecule has 2 aliphatic carbocycles. The van der Waals surface area contributed by atoms with Crippen LogP contribution >= 0.6 is 0 Å². The summed E-state index contributed by atoms with van der Waals surface area (Å²) >= 11 is 0. The normalized spacial score (nSPS) is 27.2. The summed E-state index contributed by atoms with van der Waals surface area (Å²) in [5.41, 5.74) is 2.20. The highest BCUT2D eigenvalue weighted by Gasteiger charge is 2.25. The zero-order valence-electron chi connectivity index (χ0n) is 18.7. The number of halogens is 1. The lowest BCUT2D eigenvalue weighted by Crippen LogP contribution is -2.17. The lowest BCUT2D eigenvalue weighted by molar-refractivity contribution is 0.223. The first-order chi connectivity index (χ1) is 14.8. The standard InChI is InChI=1S/C28H40FN/c29-21-5-3-1-2-4-6-23-7-9-24(10-8-23)11-12-25-13-17-27(18-14-25)28-19-15-26(22-30)16-20-28/h1,3,15-16,19-20,23-25,27H,2,4-14,17-18,21H2/b3-1+. The Morgan fingerprint density at radius 3 is 1.87 bits per heavy atom. The van der Waals surface area contributed by atoms with E-state index in [1.165, 1.54) is 82.6 Å². The lowest BCUT2D eigenvalue weighted by Gasteiger charge is -2.32. The van der Waals surface area contributed by atoms with Gasteiger partial charge < -0.3 is 0 Å². The van der Waals surface area contributed by atoms with Crippen LogP contribution in [-0.4, -0.2) is 6.67 Å². The van der Waals surface area contributed by atoms with Gasteiger partial charge in [-0.15, -0.1) is 0 Å². The highest BCUT2D eigenvalue weighted by molar-refractivity contribution is 5.33. The van der Waals surface area contributed by atoms with E-state index in [1.807, 2.05) is 18.2 Å². The molecule has 0 N–H and O–H groups in total. The van der Waals surface area contributed by atoms with Crippen molar-refractivity contribution in [1.29, 1.82) is 5.26 Å². The summed E-state index contributed by atoms with van der Waals surface area (Å²) < 4.78 is 12.1. The topological polar surface area (TPSA) is 23.8 Å². The lowest BCUT2D eigenvalue weighted by atomic mass is 9.74. The maximum atomic E-state index is 12.1. The summed E-state index contributed by atoms with van der Waals surface area (Å²) in [5, 5.41) is 8.97. The predicted molar refractivity (Wildman–Crippen MR) is 124 cm³/mol. The molecule has 0 saturated heterocycles. The van der Waals surface area contributed by atoms with Crippen molar-refractivity contribution in [3.63, 3.8) is 0 Å². The fraction of sp³-hybridized carbons (Fsp3) is 0.679. The molecule has 3 rings (SSSR count). The summed E-state index contributed by atoms with van der Waals surface area (Å²) in [5.74, 6) is 3.56. The molecule has 0 bridgehead atoms. The number of nitriles is 1. The van der Waals surface area contributed by atoms with Crippen LogP contribution in [0.25, 0.3) is 0 Å². The van der Waals surface area contributed by atoms with Crippen LogP contribution in [0.2, 0.25) is 0 Å². The molecule has 0 aromatic heterocycles. The molecular weight excluding hydrogens is 369 g/mol. The minimum absolute atomic E-state index is 0.223. The van der Waals surface area contributed by atoms with Gasteiger partial charge in [0.05, 0.1) is 18.3 Å². The maximum absolute atomic E-state index is 12.1. The first kappa shape index (κ1) is 23.1. The van der Waals surface area contributed by atoms with E-state index in [0.29, 0.717) is 12.3 Å². The van der Waals surface area contributed by atoms with Gasteiger partial charge in [0.15, 0.2) is 0 Å². The van der Waals surface area contributed by atoms with Crippen LogP contribution in [0.3, 0.4) is 0 Å². The van der Waals surface area contributed by atoms with Gasteiger partial charge in [-0.2, -0.15) is 5.26 Å². The summed E-state index contributed by atoms with van der Waals surface area (Å²) in [7, 11) is 0. The molecule has 0 aliphatic heterocycles. The second-order valence-corrected chi connectivity index (χ2v) is 9.80. The molecule has 0 radical (unpaired) electrons. The molecule has 0 heterocycles. The third-order valence-corrected chi connectivity index (χ3v) is 7.73. The van der Waals surface area contributed by atoms with Crippen molar-refractivity contribution in [2.45, 2.75) is 95.8 Å². The fourth-order valence-electron chi connectivity index (χ4n) is 5.72. The van der Waals surface area contributed by atoms with Crippen LogP contribution in [0.4, 0.5) is 4.39 Å². The van der Waals surface area contributed by atoms with E-state index in [9.17, 15) is 4.39 Å². The van der Waals surface area contributed by atoms with E-state index < -0.39 is 0 Å². The second kappa shape index (κ2) is 12.9. The third kappa shape index (κ3) is 7.57. The van der Waals surface area contributed by atoms with E-state index in [-0.39, 0.29) is 6.67 Å². The quantitative estimate of drug-likeness (QED) is 0.281. The number of unbranched alkanes of at least 4 members (excludes halogenated alkanes) is 1. The number of hydrogen-bond acceptors (Lipinski definition) is 1. The van der Waals surface area contributed by atoms with Gasteiger partial charge in [0.25, 0.3) is 0 Å². The van der Waals surface area contributed by atoms with Gasteiger partial charge in [-0.1, -0.05) is 69.2 Å². The van der Waals surface area contributed by atoms with E-state index in [0.717, 1.165) is 29.7 Å². The first-order valence-electron chi connectivity index (χ1n) is 12.5. The molecule has 0 unspecified atom stereocenters. The van der Waals surface area contributed by atoms with Crippen molar-refractivity contribution in [3.05, 3.63) is 47.5 Å². The second-order valence-electron chi connectivity index (χ2n) is 9.80.